The van der Waals surface area contributed by atoms with E-state index in [9.17, 15) is 0 Å². The molecule has 5 nitrogen and oxygen atoms in total. The molecular weight excluding hydrogens is 394 g/mol. The highest BCUT2D eigenvalue weighted by Crippen LogP contribution is 2.13. The lowest BCUT2D eigenvalue weighted by molar-refractivity contribution is 0.413. The van der Waals surface area contributed by atoms with Crippen molar-refractivity contribution in [2.75, 3.05) is 19.6 Å². The first-order valence-electron chi connectivity index (χ1n) is 14.3. The van der Waals surface area contributed by atoms with Gasteiger partial charge in [-0.1, -0.05) is 103 Å². The van der Waals surface area contributed by atoms with Crippen molar-refractivity contribution in [2.24, 2.45) is 17.2 Å². The Morgan fingerprint density at radius 1 is 0.531 bits per heavy atom. The van der Waals surface area contributed by atoms with E-state index in [-0.39, 0.29) is 12.2 Å². The van der Waals surface area contributed by atoms with Crippen LogP contribution in [0.4, 0.5) is 0 Å². The third-order valence-electron chi connectivity index (χ3n) is 6.68. The predicted octanol–water partition coefficient (Wildman–Crippen LogP) is 5.56. The maximum atomic E-state index is 6.26. The Bertz CT molecular complexity index is 351. The van der Waals surface area contributed by atoms with E-state index >= 15 is 0 Å². The topological polar surface area (TPSA) is 102 Å². The minimum Gasteiger partial charge on any atom is -0.326 e. The number of nitrogens with one attached hydrogen (secondary N) is 2. The second-order valence-electron chi connectivity index (χ2n) is 10.1. The molecule has 8 N–H and O–H groups in total. The predicted molar refractivity (Wildman–Crippen MR) is 144 cm³/mol. The monoisotopic (exact) mass is 455 g/mol. The summed E-state index contributed by atoms with van der Waals surface area (Å²) in [4.78, 5) is 0. The molecule has 0 aliphatic rings. The first kappa shape index (κ1) is 31.8. The highest BCUT2D eigenvalue weighted by molar-refractivity contribution is 4.75. The van der Waals surface area contributed by atoms with Gasteiger partial charge in [-0.25, -0.2) is 0 Å². The Morgan fingerprint density at radius 3 is 1.44 bits per heavy atom. The van der Waals surface area contributed by atoms with Crippen molar-refractivity contribution >= 4 is 0 Å². The van der Waals surface area contributed by atoms with Crippen molar-refractivity contribution in [3.63, 3.8) is 0 Å². The van der Waals surface area contributed by atoms with Crippen LogP contribution in [-0.2, 0) is 0 Å². The normalized spacial score (nSPS) is 13.7. The molecule has 0 radical (unpaired) electrons. The Labute approximate surface area is 201 Å². The SMILES string of the molecule is CCCCCCCCCCCCCCCCCCNCCCC(N)C(C)NCCC(N)N. The summed E-state index contributed by atoms with van der Waals surface area (Å²) in [5, 5.41) is 7.00. The van der Waals surface area contributed by atoms with Crippen LogP contribution in [0.15, 0.2) is 0 Å². The molecule has 2 atom stereocenters. The second kappa shape index (κ2) is 25.4. The molecule has 0 spiro atoms. The fourth-order valence-corrected chi connectivity index (χ4v) is 4.26. The fraction of sp³-hybridized carbons (Fsp3) is 1.00. The van der Waals surface area contributed by atoms with E-state index in [0.29, 0.717) is 6.04 Å². The van der Waals surface area contributed by atoms with Crippen LogP contribution in [0, 0.1) is 0 Å². The zero-order chi connectivity index (χ0) is 23.7. The Hall–Kier alpha value is -0.200. The summed E-state index contributed by atoms with van der Waals surface area (Å²) in [6.45, 7) is 7.50. The van der Waals surface area contributed by atoms with Crippen molar-refractivity contribution in [1.82, 2.24) is 10.6 Å². The van der Waals surface area contributed by atoms with Gasteiger partial charge >= 0.3 is 0 Å². The van der Waals surface area contributed by atoms with Gasteiger partial charge in [-0.3, -0.25) is 0 Å². The first-order chi connectivity index (χ1) is 15.6. The summed E-state index contributed by atoms with van der Waals surface area (Å²) in [6, 6.07) is 0.510. The minimum atomic E-state index is -0.236. The van der Waals surface area contributed by atoms with Gasteiger partial charge in [-0.2, -0.15) is 0 Å². The molecule has 0 aromatic rings. The van der Waals surface area contributed by atoms with E-state index in [4.69, 9.17) is 17.2 Å². The lowest BCUT2D eigenvalue weighted by atomic mass is 10.0. The van der Waals surface area contributed by atoms with Crippen molar-refractivity contribution in [3.8, 4) is 0 Å². The molecule has 0 aliphatic heterocycles. The Kier molecular flexibility index (Phi) is 25.3. The molecule has 0 saturated heterocycles. The highest BCUT2D eigenvalue weighted by Gasteiger charge is 2.11. The Balaban J connectivity index is 3.19. The lowest BCUT2D eigenvalue weighted by Gasteiger charge is -2.21. The van der Waals surface area contributed by atoms with Gasteiger partial charge in [0, 0.05) is 12.1 Å². The molecule has 0 fully saturated rings. The zero-order valence-corrected chi connectivity index (χ0v) is 22.0. The van der Waals surface area contributed by atoms with E-state index in [0.717, 1.165) is 38.9 Å². The van der Waals surface area contributed by atoms with Gasteiger partial charge in [-0.05, 0) is 52.2 Å². The van der Waals surface area contributed by atoms with Crippen LogP contribution in [0.5, 0.6) is 0 Å². The average Bonchev–Trinajstić information content (AvgIpc) is 2.77. The lowest BCUT2D eigenvalue weighted by Crippen LogP contribution is -2.45. The maximum absolute atomic E-state index is 6.26. The molecular formula is C27H61N5. The fourth-order valence-electron chi connectivity index (χ4n) is 4.26. The molecule has 0 aromatic carbocycles. The smallest absolute Gasteiger partial charge is 0.0533 e. The summed E-state index contributed by atoms with van der Waals surface area (Å²) >= 11 is 0. The number of hydrogen-bond donors (Lipinski definition) is 5. The van der Waals surface area contributed by atoms with E-state index in [1.165, 1.54) is 103 Å². The van der Waals surface area contributed by atoms with E-state index < -0.39 is 0 Å². The maximum Gasteiger partial charge on any atom is 0.0533 e. The summed E-state index contributed by atoms with van der Waals surface area (Å²) in [7, 11) is 0. The second-order valence-corrected chi connectivity index (χ2v) is 10.1. The minimum absolute atomic E-state index is 0.196. The number of nitrogens with two attached hydrogens (primary N) is 3. The molecule has 0 rings (SSSR count). The van der Waals surface area contributed by atoms with Gasteiger partial charge in [-0.15, -0.1) is 0 Å². The van der Waals surface area contributed by atoms with Crippen LogP contribution in [0.1, 0.15) is 136 Å². The van der Waals surface area contributed by atoms with Gasteiger partial charge in [0.15, 0.2) is 0 Å². The van der Waals surface area contributed by atoms with E-state index in [1.54, 1.807) is 0 Å². The largest absolute Gasteiger partial charge is 0.326 e. The quantitative estimate of drug-likeness (QED) is 0.0868. The van der Waals surface area contributed by atoms with Crippen LogP contribution in [0.25, 0.3) is 0 Å². The molecule has 32 heavy (non-hydrogen) atoms. The number of hydrogen-bond acceptors (Lipinski definition) is 5. The van der Waals surface area contributed by atoms with Gasteiger partial charge in [0.05, 0.1) is 6.17 Å². The molecule has 0 bridgehead atoms. The first-order valence-corrected chi connectivity index (χ1v) is 14.3. The van der Waals surface area contributed by atoms with Crippen molar-refractivity contribution in [2.45, 2.75) is 154 Å². The zero-order valence-electron chi connectivity index (χ0n) is 22.0. The average molecular weight is 456 g/mol. The van der Waals surface area contributed by atoms with Gasteiger partial charge in [0.2, 0.25) is 0 Å². The molecule has 194 valence electrons. The number of unbranched alkanes of at least 4 members (excludes halogenated alkanes) is 15. The van der Waals surface area contributed by atoms with Gasteiger partial charge in [0.1, 0.15) is 0 Å². The third kappa shape index (κ3) is 24.4. The summed E-state index contributed by atoms with van der Waals surface area (Å²) in [5.74, 6) is 0. The summed E-state index contributed by atoms with van der Waals surface area (Å²) in [6.07, 6.45) is 25.6. The van der Waals surface area contributed by atoms with Crippen LogP contribution in [0.3, 0.4) is 0 Å². The molecule has 0 saturated carbocycles. The molecule has 0 aliphatic carbocycles. The van der Waals surface area contributed by atoms with E-state index in [2.05, 4.69) is 24.5 Å². The van der Waals surface area contributed by atoms with Crippen LogP contribution in [-0.4, -0.2) is 37.9 Å². The molecule has 0 aromatic heterocycles. The van der Waals surface area contributed by atoms with E-state index in [1.807, 2.05) is 0 Å². The van der Waals surface area contributed by atoms with Crippen LogP contribution < -0.4 is 27.8 Å². The van der Waals surface area contributed by atoms with Gasteiger partial charge in [0.25, 0.3) is 0 Å². The van der Waals surface area contributed by atoms with Crippen molar-refractivity contribution in [1.29, 1.82) is 0 Å². The van der Waals surface area contributed by atoms with Crippen molar-refractivity contribution < 1.29 is 0 Å². The van der Waals surface area contributed by atoms with Crippen molar-refractivity contribution in [3.05, 3.63) is 0 Å². The molecule has 0 heterocycles. The van der Waals surface area contributed by atoms with Crippen LogP contribution in [0.2, 0.25) is 0 Å². The summed E-state index contributed by atoms with van der Waals surface area (Å²) in [5.41, 5.74) is 17.4. The molecule has 2 unspecified atom stereocenters. The van der Waals surface area contributed by atoms with Crippen LogP contribution >= 0.6 is 0 Å². The number of rotatable bonds is 26. The standard InChI is InChI=1S/C27H61N5/c1-3-4-5-6-7-8-9-10-11-12-13-14-15-16-17-18-22-31-23-19-20-26(28)25(2)32-24-21-27(29)30/h25-27,31-32H,3-24,28-30H2,1-2H3. The van der Waals surface area contributed by atoms with Gasteiger partial charge < -0.3 is 27.8 Å². The third-order valence-corrected chi connectivity index (χ3v) is 6.68. The highest BCUT2D eigenvalue weighted by atomic mass is 15.0. The summed E-state index contributed by atoms with van der Waals surface area (Å²) < 4.78 is 0. The Morgan fingerprint density at radius 2 is 0.969 bits per heavy atom. The molecule has 5 heteroatoms. The molecule has 0 amide bonds.